The molecule has 0 bridgehead atoms. The molecule has 5 aromatic rings. The van der Waals surface area contributed by atoms with Gasteiger partial charge in [0.2, 0.25) is 5.91 Å². The highest BCUT2D eigenvalue weighted by Crippen LogP contribution is 2.20. The SMILES string of the molecule is CC(C)[C@H](N)C(=O)O.CC[C@H](C)[C@H](N)C(=O)O.CSCC[C@H](N)C(=O)O.C[C@H](NC1CCCCC1)C(=O)O.NC(=O)CC[C@H](N)C(=O)O.NCCCC(=O)O.NCCCCCC(=O)O.NCCCC[C@H](N)C(=O)O.N[C@@H](Cc1c[nH]c2ccccc12)C(=O)O.N[C@@H](Cc1ccc(Cl)cc1)C(=O)O.N[C@@H](Cc1ccccc1)C(=O)O.O=C(O)CNc1ccccc1. The number of H-pyrrole nitrogens is 1. The average molecular weight is 1820 g/mol. The highest BCUT2D eigenvalue weighted by Gasteiger charge is 2.21. The van der Waals surface area contributed by atoms with E-state index in [9.17, 15) is 62.3 Å². The number of halogens is 1. The number of carbonyl (C=O) groups is 13. The van der Waals surface area contributed by atoms with Gasteiger partial charge in [-0.2, -0.15) is 11.8 Å². The molecule has 125 heavy (non-hydrogen) atoms. The van der Waals surface area contributed by atoms with E-state index in [4.69, 9.17) is 142 Å². The van der Waals surface area contributed by atoms with Crippen molar-refractivity contribution in [1.29, 1.82) is 0 Å². The number of carboxylic acids is 12. The number of carboxylic acid groups (broad SMARTS) is 12. The summed E-state index contributed by atoms with van der Waals surface area (Å²) in [6.45, 7) is 10.7. The van der Waals surface area contributed by atoms with Crippen LogP contribution < -0.4 is 79.4 Å². The van der Waals surface area contributed by atoms with E-state index >= 15 is 0 Å². The number of amides is 1. The van der Waals surface area contributed by atoms with Crippen LogP contribution in [-0.4, -0.2) is 242 Å². The summed E-state index contributed by atoms with van der Waals surface area (Å²) in [6.07, 6.45) is 18.2. The Bertz CT molecular complexity index is 3750. The molecule has 0 spiro atoms. The molecular weight excluding hydrogens is 1670 g/mol. The summed E-state index contributed by atoms with van der Waals surface area (Å²) in [5, 5.41) is 108. The minimum absolute atomic E-state index is 0.0208. The van der Waals surface area contributed by atoms with Crippen LogP contribution in [0.5, 0.6) is 0 Å². The number of fused-ring (bicyclic) bond motifs is 1. The average Bonchev–Trinajstić information content (AvgIpc) is 1.69. The second kappa shape index (κ2) is 79.4. The fourth-order valence-electron chi connectivity index (χ4n) is 9.02. The third-order valence-electron chi connectivity index (χ3n) is 16.9. The first kappa shape index (κ1) is 125. The van der Waals surface area contributed by atoms with Gasteiger partial charge in [0.05, 0.1) is 0 Å². The summed E-state index contributed by atoms with van der Waals surface area (Å²) >= 11 is 7.27. The number of hydrogen-bond donors (Lipinski definition) is 27. The molecule has 6 rings (SSSR count). The van der Waals surface area contributed by atoms with Gasteiger partial charge in [-0.1, -0.05) is 157 Å². The highest BCUT2D eigenvalue weighted by atomic mass is 35.5. The number of aromatic amines is 1. The van der Waals surface area contributed by atoms with Gasteiger partial charge in [0.15, 0.2) is 0 Å². The van der Waals surface area contributed by atoms with Crippen LogP contribution >= 0.6 is 23.4 Å². The Morgan fingerprint density at radius 3 is 1.25 bits per heavy atom. The number of rotatable bonds is 41. The Labute approximate surface area is 739 Å². The molecule has 0 unspecified atom stereocenters. The lowest BCUT2D eigenvalue weighted by atomic mass is 9.95. The van der Waals surface area contributed by atoms with Crippen molar-refractivity contribution in [2.45, 2.75) is 230 Å². The molecule has 42 heteroatoms. The molecular formula is C83H140ClN15O25S. The zero-order valence-corrected chi connectivity index (χ0v) is 73.7. The van der Waals surface area contributed by atoms with Gasteiger partial charge in [0, 0.05) is 59.5 Å². The van der Waals surface area contributed by atoms with E-state index in [0.717, 1.165) is 90.4 Å². The summed E-state index contributed by atoms with van der Waals surface area (Å²) in [6, 6.07) is 27.1. The lowest BCUT2D eigenvalue weighted by Gasteiger charge is -2.24. The zero-order valence-electron chi connectivity index (χ0n) is 72.2. The maximum Gasteiger partial charge on any atom is 0.322 e. The van der Waals surface area contributed by atoms with Gasteiger partial charge in [0.1, 0.15) is 60.9 Å². The number of nitrogens with two attached hydrogens (primary N) is 12. The topological polar surface area (TPSA) is 817 Å². The van der Waals surface area contributed by atoms with Crippen LogP contribution in [0.25, 0.3) is 10.9 Å². The molecule has 40 nitrogen and oxygen atoms in total. The van der Waals surface area contributed by atoms with Gasteiger partial charge in [-0.15, -0.1) is 0 Å². The molecule has 1 saturated carbocycles. The molecule has 1 heterocycles. The molecule has 10 atom stereocenters. The van der Waals surface area contributed by atoms with Crippen molar-refractivity contribution in [3.05, 3.63) is 137 Å². The van der Waals surface area contributed by atoms with Crippen molar-refractivity contribution < 1.29 is 124 Å². The maximum absolute atomic E-state index is 10.6. The molecule has 1 amide bonds. The van der Waals surface area contributed by atoms with Crippen LogP contribution in [0.2, 0.25) is 5.02 Å². The summed E-state index contributed by atoms with van der Waals surface area (Å²) < 4.78 is 0. The van der Waals surface area contributed by atoms with Crippen molar-refractivity contribution >= 4 is 117 Å². The number of nitrogens with one attached hydrogen (secondary N) is 3. The van der Waals surface area contributed by atoms with Gasteiger partial charge >= 0.3 is 71.6 Å². The van der Waals surface area contributed by atoms with Crippen LogP contribution in [0.1, 0.15) is 167 Å². The predicted octanol–water partition coefficient (Wildman–Crippen LogP) is 4.86. The third-order valence-corrected chi connectivity index (χ3v) is 17.8. The zero-order chi connectivity index (χ0) is 97.1. The van der Waals surface area contributed by atoms with Crippen molar-refractivity contribution in [2.24, 2.45) is 80.6 Å². The van der Waals surface area contributed by atoms with Crippen LogP contribution in [0.4, 0.5) is 5.69 Å². The minimum atomic E-state index is -1.11. The Balaban J connectivity index is -0.000000311. The Kier molecular flexibility index (Phi) is 79.6. The Morgan fingerprint density at radius 1 is 0.448 bits per heavy atom. The van der Waals surface area contributed by atoms with E-state index in [1.54, 1.807) is 56.8 Å². The molecule has 1 aliphatic rings. The first-order valence-electron chi connectivity index (χ1n) is 40.1. The number of hydrogen-bond acceptors (Lipinski definition) is 27. The first-order chi connectivity index (χ1) is 58.5. The number of carbonyl (C=O) groups excluding carboxylic acids is 1. The van der Waals surface area contributed by atoms with Crippen molar-refractivity contribution in [3.63, 3.8) is 0 Å². The molecule has 0 saturated heterocycles. The first-order valence-corrected chi connectivity index (χ1v) is 41.8. The van der Waals surface area contributed by atoms with Crippen molar-refractivity contribution in [2.75, 3.05) is 43.5 Å². The Morgan fingerprint density at radius 2 is 0.864 bits per heavy atom. The molecule has 1 aliphatic carbocycles. The fourth-order valence-corrected chi connectivity index (χ4v) is 9.64. The number of unbranched alkanes of at least 4 members (excludes halogenated alkanes) is 3. The van der Waals surface area contributed by atoms with E-state index in [0.29, 0.717) is 69.2 Å². The highest BCUT2D eigenvalue weighted by molar-refractivity contribution is 7.98. The lowest BCUT2D eigenvalue weighted by Crippen LogP contribution is -2.42. The van der Waals surface area contributed by atoms with Crippen LogP contribution in [-0.2, 0) is 81.6 Å². The smallest absolute Gasteiger partial charge is 0.322 e. The lowest BCUT2D eigenvalue weighted by molar-refractivity contribution is -0.140. The second-order valence-corrected chi connectivity index (χ2v) is 29.6. The van der Waals surface area contributed by atoms with Crippen LogP contribution in [0.3, 0.4) is 0 Å². The number of primary amides is 1. The van der Waals surface area contributed by atoms with Gasteiger partial charge in [0.25, 0.3) is 0 Å². The predicted molar refractivity (Wildman–Crippen MR) is 482 cm³/mol. The number of benzene rings is 4. The standard InChI is InChI=1S/C11H12N2O2.C9H10ClNO2.C9H17NO2.C9H11NO2.C8H9NO2.C6H14N2O2.2C6H13NO2.C5H10N2O3.C5H11NO2S.C5H11NO2.C4H9NO2/c12-9(11(14)15)5-7-6-13-10-4-2-1-3-8(7)10;10-7-3-1-6(2-4-7)5-8(11)9(12)13;1-7(9(11)12)10-8-5-3-2-4-6-8;10-8(9(11)12)6-7-4-2-1-3-5-7;10-8(11)6-9-7-4-2-1-3-5-7;7-4-2-1-3-5(8)6(9)10;1-3-4(2)5(7)6(8)9;7-5-3-1-2-4-6(8)9;6-3(5(9)10)1-2-4(7)8;1-9-3-2-4(6)5(7)8;1-3(2)4(6)5(7)8;5-3-1-2-4(6)7/h1-4,6,9,13H,5,12H2,(H,14,15);1-4,8H,5,11H2,(H,12,13);7-8,10H,2-6H2,1H3,(H,11,12);1-5,8H,6,10H2,(H,11,12);1-5,9H,6H2,(H,10,11);5H,1-4,7-8H2,(H,9,10);4-5H,3,7H2,1-2H3,(H,8,9);1-5,7H2,(H,8,9);3H,1-2,6H2,(H2,7,8)(H,9,10);4H,2-3,6H2,1H3,(H,7,8);3-4H,6H2,1-2H3,(H,7,8);1-3,5H2,(H,6,7)/t9-;8-;7-;8-;;5-;4-,5-;;3-;2*4-;/m0000.00.000./s1. The fraction of sp³-hybridized carbons (Fsp3) is 0.530. The minimum Gasteiger partial charge on any atom is -0.481 e. The molecule has 1 aromatic heterocycles. The van der Waals surface area contributed by atoms with Crippen molar-refractivity contribution in [3.8, 4) is 0 Å². The molecule has 1 fully saturated rings. The van der Waals surface area contributed by atoms with Crippen LogP contribution in [0.15, 0.2) is 115 Å². The van der Waals surface area contributed by atoms with Crippen molar-refractivity contribution in [1.82, 2.24) is 10.3 Å². The summed E-state index contributed by atoms with van der Waals surface area (Å²) in [4.78, 5) is 135. The number of thioether (sulfide) groups is 1. The number of aromatic nitrogens is 1. The summed E-state index contributed by atoms with van der Waals surface area (Å²) in [5.41, 5.74) is 66.9. The maximum atomic E-state index is 10.6. The summed E-state index contributed by atoms with van der Waals surface area (Å²) in [7, 11) is 0. The van der Waals surface area contributed by atoms with E-state index in [2.05, 4.69) is 15.6 Å². The van der Waals surface area contributed by atoms with E-state index in [-0.39, 0.29) is 44.1 Å². The quantitative estimate of drug-likeness (QED) is 0.0232. The third kappa shape index (κ3) is 78.0. The Hall–Kier alpha value is -10.5. The number of aliphatic carboxylic acids is 12. The molecule has 0 aliphatic heterocycles. The second-order valence-electron chi connectivity index (χ2n) is 28.1. The van der Waals surface area contributed by atoms with Crippen LogP contribution in [0, 0.1) is 11.8 Å². The normalized spacial score (nSPS) is 13.2. The molecule has 4 aromatic carbocycles. The van der Waals surface area contributed by atoms with E-state index in [1.165, 1.54) is 19.3 Å². The van der Waals surface area contributed by atoms with E-state index in [1.807, 2.05) is 111 Å². The van der Waals surface area contributed by atoms with Gasteiger partial charge in [-0.25, -0.2) is 0 Å². The van der Waals surface area contributed by atoms with E-state index < -0.39 is 132 Å². The largest absolute Gasteiger partial charge is 0.481 e. The van der Waals surface area contributed by atoms with Gasteiger partial charge in [-0.3, -0.25) is 62.3 Å². The van der Waals surface area contributed by atoms with Gasteiger partial charge < -0.3 is 146 Å². The monoisotopic (exact) mass is 1810 g/mol. The molecule has 39 N–H and O–H groups in total. The molecule has 0 radical (unpaired) electrons. The molecule has 710 valence electrons. The summed E-state index contributed by atoms with van der Waals surface area (Å²) in [5.74, 6) is -10.4. The number of anilines is 1. The number of para-hydroxylation sites is 2. The van der Waals surface area contributed by atoms with Gasteiger partial charge in [-0.05, 0) is 168 Å².